The summed E-state index contributed by atoms with van der Waals surface area (Å²) in [5.41, 5.74) is -0.312. The van der Waals surface area contributed by atoms with Crippen molar-refractivity contribution in [3.8, 4) is 0 Å². The van der Waals surface area contributed by atoms with Crippen LogP contribution in [0.1, 0.15) is 34.1 Å². The molecule has 0 bridgehead atoms. The molecule has 0 radical (unpaired) electrons. The SMILES string of the molecule is CCCS(=O)(=O)N(C)C(C)(C)C. The van der Waals surface area contributed by atoms with Crippen LogP contribution in [0.3, 0.4) is 0 Å². The largest absolute Gasteiger partial charge is 0.214 e. The summed E-state index contributed by atoms with van der Waals surface area (Å²) in [5.74, 6) is 0.237. The van der Waals surface area contributed by atoms with Crippen LogP contribution in [0.25, 0.3) is 0 Å². The van der Waals surface area contributed by atoms with Crippen molar-refractivity contribution in [1.82, 2.24) is 4.31 Å². The lowest BCUT2D eigenvalue weighted by molar-refractivity contribution is 0.291. The second-order valence-electron chi connectivity index (χ2n) is 3.95. The summed E-state index contributed by atoms with van der Waals surface area (Å²) in [7, 11) is -1.40. The lowest BCUT2D eigenvalue weighted by atomic mass is 10.1. The van der Waals surface area contributed by atoms with Gasteiger partial charge in [-0.05, 0) is 27.2 Å². The van der Waals surface area contributed by atoms with E-state index in [1.54, 1.807) is 7.05 Å². The fourth-order valence-corrected chi connectivity index (χ4v) is 2.44. The first-order valence-electron chi connectivity index (χ1n) is 4.18. The molecule has 0 aromatic heterocycles. The lowest BCUT2D eigenvalue weighted by Crippen LogP contribution is -2.43. The first-order valence-corrected chi connectivity index (χ1v) is 5.79. The zero-order valence-corrected chi connectivity index (χ0v) is 9.40. The van der Waals surface area contributed by atoms with Crippen LogP contribution in [0.2, 0.25) is 0 Å². The number of sulfonamides is 1. The van der Waals surface area contributed by atoms with Crippen LogP contribution in [-0.4, -0.2) is 31.1 Å². The molecule has 3 nitrogen and oxygen atoms in total. The van der Waals surface area contributed by atoms with Crippen molar-refractivity contribution >= 4 is 10.0 Å². The van der Waals surface area contributed by atoms with Gasteiger partial charge in [0.05, 0.1) is 5.75 Å². The van der Waals surface area contributed by atoms with Crippen molar-refractivity contribution < 1.29 is 8.42 Å². The highest BCUT2D eigenvalue weighted by Crippen LogP contribution is 2.15. The average Bonchev–Trinajstić information content (AvgIpc) is 1.84. The van der Waals surface area contributed by atoms with Crippen LogP contribution in [0.5, 0.6) is 0 Å². The molecule has 4 heteroatoms. The molecular weight excluding hydrogens is 174 g/mol. The summed E-state index contributed by atoms with van der Waals surface area (Å²) in [6.45, 7) is 7.54. The maximum absolute atomic E-state index is 11.5. The minimum Gasteiger partial charge on any atom is -0.212 e. The van der Waals surface area contributed by atoms with Crippen molar-refractivity contribution in [3.63, 3.8) is 0 Å². The quantitative estimate of drug-likeness (QED) is 0.680. The highest BCUT2D eigenvalue weighted by atomic mass is 32.2. The molecule has 0 rings (SSSR count). The van der Waals surface area contributed by atoms with Crippen molar-refractivity contribution in [1.29, 1.82) is 0 Å². The average molecular weight is 193 g/mol. The number of hydrogen-bond donors (Lipinski definition) is 0. The molecule has 0 unspecified atom stereocenters. The molecular formula is C8H19NO2S. The van der Waals surface area contributed by atoms with Gasteiger partial charge in [-0.25, -0.2) is 8.42 Å². The van der Waals surface area contributed by atoms with E-state index in [9.17, 15) is 8.42 Å². The molecule has 0 aliphatic carbocycles. The van der Waals surface area contributed by atoms with Gasteiger partial charge in [0, 0.05) is 12.6 Å². The highest BCUT2D eigenvalue weighted by Gasteiger charge is 2.27. The molecule has 0 N–H and O–H groups in total. The van der Waals surface area contributed by atoms with E-state index in [-0.39, 0.29) is 11.3 Å². The Kier molecular flexibility index (Phi) is 3.72. The maximum atomic E-state index is 11.5. The van der Waals surface area contributed by atoms with Gasteiger partial charge in [-0.15, -0.1) is 0 Å². The molecule has 0 aliphatic heterocycles. The van der Waals surface area contributed by atoms with Gasteiger partial charge >= 0.3 is 0 Å². The zero-order valence-electron chi connectivity index (χ0n) is 8.59. The van der Waals surface area contributed by atoms with Gasteiger partial charge in [0.1, 0.15) is 0 Å². The van der Waals surface area contributed by atoms with Crippen molar-refractivity contribution in [2.45, 2.75) is 39.7 Å². The van der Waals surface area contributed by atoms with Gasteiger partial charge in [0.15, 0.2) is 0 Å². The van der Waals surface area contributed by atoms with E-state index in [2.05, 4.69) is 0 Å². The smallest absolute Gasteiger partial charge is 0.212 e. The van der Waals surface area contributed by atoms with E-state index < -0.39 is 10.0 Å². The summed E-state index contributed by atoms with van der Waals surface area (Å²) in [6.07, 6.45) is 0.669. The molecule has 0 saturated carbocycles. The fraction of sp³-hybridized carbons (Fsp3) is 1.00. The van der Waals surface area contributed by atoms with E-state index in [4.69, 9.17) is 0 Å². The van der Waals surface area contributed by atoms with Gasteiger partial charge in [-0.2, -0.15) is 4.31 Å². The minimum atomic E-state index is -3.03. The summed E-state index contributed by atoms with van der Waals surface area (Å²) in [5, 5.41) is 0. The van der Waals surface area contributed by atoms with Gasteiger partial charge in [0.25, 0.3) is 0 Å². The van der Waals surface area contributed by atoms with E-state index in [0.29, 0.717) is 6.42 Å². The Morgan fingerprint density at radius 1 is 1.25 bits per heavy atom. The second kappa shape index (κ2) is 3.75. The summed E-state index contributed by atoms with van der Waals surface area (Å²) in [6, 6.07) is 0. The van der Waals surface area contributed by atoms with Crippen LogP contribution in [-0.2, 0) is 10.0 Å². The fourth-order valence-electron chi connectivity index (χ4n) is 0.812. The predicted molar refractivity (Wildman–Crippen MR) is 51.6 cm³/mol. The van der Waals surface area contributed by atoms with E-state index >= 15 is 0 Å². The van der Waals surface area contributed by atoms with Crippen molar-refractivity contribution in [2.24, 2.45) is 0 Å². The standard InChI is InChI=1S/C8H19NO2S/c1-6-7-12(10,11)9(5)8(2,3)4/h6-7H2,1-5H3. The molecule has 0 aromatic rings. The van der Waals surface area contributed by atoms with Crippen molar-refractivity contribution in [2.75, 3.05) is 12.8 Å². The molecule has 0 spiro atoms. The summed E-state index contributed by atoms with van der Waals surface area (Å²) in [4.78, 5) is 0. The van der Waals surface area contributed by atoms with Crippen LogP contribution < -0.4 is 0 Å². The number of nitrogens with zero attached hydrogens (tertiary/aromatic N) is 1. The normalized spacial score (nSPS) is 13.8. The Bertz CT molecular complexity index is 226. The summed E-state index contributed by atoms with van der Waals surface area (Å²) < 4.78 is 24.4. The molecule has 0 saturated heterocycles. The molecule has 0 fully saturated rings. The van der Waals surface area contributed by atoms with E-state index in [1.807, 2.05) is 27.7 Å². The highest BCUT2D eigenvalue weighted by molar-refractivity contribution is 7.89. The molecule has 0 aliphatic rings. The third-order valence-corrected chi connectivity index (χ3v) is 4.13. The molecule has 0 amide bonds. The predicted octanol–water partition coefficient (Wildman–Crippen LogP) is 1.46. The van der Waals surface area contributed by atoms with Crippen LogP contribution in [0.15, 0.2) is 0 Å². The Balaban J connectivity index is 4.59. The van der Waals surface area contributed by atoms with Gasteiger partial charge in [-0.3, -0.25) is 0 Å². The van der Waals surface area contributed by atoms with Crippen LogP contribution in [0.4, 0.5) is 0 Å². The van der Waals surface area contributed by atoms with E-state index in [1.165, 1.54) is 4.31 Å². The first kappa shape index (κ1) is 11.9. The monoisotopic (exact) mass is 193 g/mol. The zero-order chi connectivity index (χ0) is 9.99. The van der Waals surface area contributed by atoms with Crippen molar-refractivity contribution in [3.05, 3.63) is 0 Å². The van der Waals surface area contributed by atoms with Gasteiger partial charge < -0.3 is 0 Å². The Hall–Kier alpha value is -0.0900. The third kappa shape index (κ3) is 3.11. The molecule has 0 atom stereocenters. The Labute approximate surface area is 75.8 Å². The topological polar surface area (TPSA) is 37.4 Å². The summed E-state index contributed by atoms with van der Waals surface area (Å²) >= 11 is 0. The molecule has 74 valence electrons. The second-order valence-corrected chi connectivity index (χ2v) is 6.07. The molecule has 12 heavy (non-hydrogen) atoms. The Morgan fingerprint density at radius 2 is 1.67 bits per heavy atom. The lowest BCUT2D eigenvalue weighted by Gasteiger charge is -2.30. The van der Waals surface area contributed by atoms with E-state index in [0.717, 1.165) is 0 Å². The molecule has 0 heterocycles. The number of rotatable bonds is 3. The number of hydrogen-bond acceptors (Lipinski definition) is 2. The Morgan fingerprint density at radius 3 is 1.92 bits per heavy atom. The van der Waals surface area contributed by atoms with Gasteiger partial charge in [0.2, 0.25) is 10.0 Å². The minimum absolute atomic E-state index is 0.237. The van der Waals surface area contributed by atoms with Crippen LogP contribution >= 0.6 is 0 Å². The maximum Gasteiger partial charge on any atom is 0.214 e. The van der Waals surface area contributed by atoms with Gasteiger partial charge in [-0.1, -0.05) is 6.92 Å². The molecule has 0 aromatic carbocycles. The first-order chi connectivity index (χ1) is 5.22. The third-order valence-electron chi connectivity index (χ3n) is 1.82. The van der Waals surface area contributed by atoms with Crippen LogP contribution in [0, 0.1) is 0 Å².